The minimum Gasteiger partial charge on any atom is -0.465 e. The van der Waals surface area contributed by atoms with E-state index in [1.54, 1.807) is 31.2 Å². The fraction of sp³-hybridized carbons (Fsp3) is 0.292. The number of carbonyl (C=O) groups is 3. The van der Waals surface area contributed by atoms with E-state index >= 15 is 0 Å². The summed E-state index contributed by atoms with van der Waals surface area (Å²) < 4.78 is 15.2. The van der Waals surface area contributed by atoms with Crippen molar-refractivity contribution in [3.63, 3.8) is 0 Å². The first-order valence-electron chi connectivity index (χ1n) is 10.1. The van der Waals surface area contributed by atoms with Crippen LogP contribution in [0.2, 0.25) is 0 Å². The molecule has 0 aromatic heterocycles. The Bertz CT molecular complexity index is 1020. The highest BCUT2D eigenvalue weighted by Gasteiger charge is 2.38. The number of rotatable bonds is 8. The van der Waals surface area contributed by atoms with Gasteiger partial charge in [-0.3, -0.25) is 4.90 Å². The summed E-state index contributed by atoms with van der Waals surface area (Å²) in [6.45, 7) is 2.27. The van der Waals surface area contributed by atoms with Gasteiger partial charge in [0.25, 0.3) is 0 Å². The lowest BCUT2D eigenvalue weighted by Gasteiger charge is -2.36. The number of urea groups is 1. The average molecular weight is 438 g/mol. The SMILES string of the molecule is COCCOC(=O)C1=C(C)N(Cc2ccccc2)C(=O)NC1c1ccccc1C(=O)OC. The zero-order chi connectivity index (χ0) is 23.1. The summed E-state index contributed by atoms with van der Waals surface area (Å²) in [5.41, 5.74) is 2.30. The van der Waals surface area contributed by atoms with Gasteiger partial charge in [-0.2, -0.15) is 0 Å². The van der Waals surface area contributed by atoms with E-state index in [0.717, 1.165) is 5.56 Å². The van der Waals surface area contributed by atoms with Crippen molar-refractivity contribution >= 4 is 18.0 Å². The van der Waals surface area contributed by atoms with Gasteiger partial charge in [0.2, 0.25) is 0 Å². The van der Waals surface area contributed by atoms with Crippen LogP contribution in [-0.2, 0) is 25.5 Å². The first-order valence-corrected chi connectivity index (χ1v) is 10.1. The number of allylic oxidation sites excluding steroid dienone is 1. The molecule has 1 N–H and O–H groups in total. The third kappa shape index (κ3) is 4.97. The molecule has 1 aliphatic rings. The van der Waals surface area contributed by atoms with Crippen molar-refractivity contribution in [1.82, 2.24) is 10.2 Å². The second kappa shape index (κ2) is 10.6. The van der Waals surface area contributed by atoms with Crippen molar-refractivity contribution in [2.24, 2.45) is 0 Å². The van der Waals surface area contributed by atoms with Gasteiger partial charge in [-0.05, 0) is 24.1 Å². The Hall–Kier alpha value is -3.65. The van der Waals surface area contributed by atoms with E-state index in [2.05, 4.69) is 5.32 Å². The largest absolute Gasteiger partial charge is 0.465 e. The third-order valence-corrected chi connectivity index (χ3v) is 5.20. The molecule has 0 radical (unpaired) electrons. The maximum atomic E-state index is 13.1. The molecule has 2 aromatic carbocycles. The average Bonchev–Trinajstić information content (AvgIpc) is 2.81. The lowest BCUT2D eigenvalue weighted by atomic mass is 9.91. The highest BCUT2D eigenvalue weighted by molar-refractivity contribution is 5.97. The molecular formula is C24H26N2O6. The number of hydrogen-bond acceptors (Lipinski definition) is 6. The third-order valence-electron chi connectivity index (χ3n) is 5.20. The van der Waals surface area contributed by atoms with Gasteiger partial charge in [0.15, 0.2) is 0 Å². The number of carbonyl (C=O) groups excluding carboxylic acids is 3. The summed E-state index contributed by atoms with van der Waals surface area (Å²) in [5, 5.41) is 2.86. The monoisotopic (exact) mass is 438 g/mol. The van der Waals surface area contributed by atoms with Crippen LogP contribution in [0.1, 0.15) is 34.5 Å². The van der Waals surface area contributed by atoms with E-state index in [9.17, 15) is 14.4 Å². The van der Waals surface area contributed by atoms with Crippen molar-refractivity contribution in [1.29, 1.82) is 0 Å². The molecule has 1 atom stereocenters. The lowest BCUT2D eigenvalue weighted by molar-refractivity contribution is -0.141. The number of nitrogens with zero attached hydrogens (tertiary/aromatic N) is 1. The maximum absolute atomic E-state index is 13.1. The molecule has 0 saturated carbocycles. The normalized spacial score (nSPS) is 15.9. The van der Waals surface area contributed by atoms with Crippen LogP contribution >= 0.6 is 0 Å². The van der Waals surface area contributed by atoms with Crippen LogP contribution in [0.3, 0.4) is 0 Å². The van der Waals surface area contributed by atoms with Gasteiger partial charge in [-0.1, -0.05) is 48.5 Å². The van der Waals surface area contributed by atoms with Crippen LogP contribution in [0.25, 0.3) is 0 Å². The summed E-state index contributed by atoms with van der Waals surface area (Å²) >= 11 is 0. The predicted octanol–water partition coefficient (Wildman–Crippen LogP) is 3.20. The molecule has 3 rings (SSSR count). The topological polar surface area (TPSA) is 94.2 Å². The molecule has 8 heteroatoms. The van der Waals surface area contributed by atoms with E-state index in [1.165, 1.54) is 19.1 Å². The fourth-order valence-electron chi connectivity index (χ4n) is 3.58. The van der Waals surface area contributed by atoms with Crippen LogP contribution < -0.4 is 5.32 Å². The number of methoxy groups -OCH3 is 2. The predicted molar refractivity (Wildman–Crippen MR) is 117 cm³/mol. The molecule has 0 bridgehead atoms. The van der Waals surface area contributed by atoms with Gasteiger partial charge in [0, 0.05) is 12.8 Å². The number of esters is 2. The number of ether oxygens (including phenoxy) is 3. The zero-order valence-electron chi connectivity index (χ0n) is 18.3. The van der Waals surface area contributed by atoms with Crippen LogP contribution in [0.15, 0.2) is 65.9 Å². The number of nitrogens with one attached hydrogen (secondary N) is 1. The Kier molecular flexibility index (Phi) is 7.62. The van der Waals surface area contributed by atoms with E-state index in [1.807, 2.05) is 30.3 Å². The van der Waals surface area contributed by atoms with Crippen molar-refractivity contribution in [2.75, 3.05) is 27.4 Å². The Labute approximate surface area is 186 Å². The Balaban J connectivity index is 2.06. The fourth-order valence-corrected chi connectivity index (χ4v) is 3.58. The number of amides is 2. The minimum atomic E-state index is -0.875. The van der Waals surface area contributed by atoms with Gasteiger partial charge < -0.3 is 19.5 Å². The highest BCUT2D eigenvalue weighted by atomic mass is 16.6. The highest BCUT2D eigenvalue weighted by Crippen LogP contribution is 2.34. The Morgan fingerprint density at radius 3 is 2.34 bits per heavy atom. The molecular weight excluding hydrogens is 412 g/mol. The molecule has 0 aliphatic carbocycles. The maximum Gasteiger partial charge on any atom is 0.338 e. The first kappa shape index (κ1) is 23.0. The van der Waals surface area contributed by atoms with Gasteiger partial charge in [0.05, 0.1) is 37.4 Å². The number of benzene rings is 2. The quantitative estimate of drug-likeness (QED) is 0.503. The molecule has 0 fully saturated rings. The molecule has 2 aromatic rings. The molecule has 2 amide bonds. The van der Waals surface area contributed by atoms with Crippen LogP contribution in [0.4, 0.5) is 4.79 Å². The van der Waals surface area contributed by atoms with Gasteiger partial charge in [-0.25, -0.2) is 14.4 Å². The van der Waals surface area contributed by atoms with E-state index in [4.69, 9.17) is 14.2 Å². The molecule has 0 saturated heterocycles. The summed E-state index contributed by atoms with van der Waals surface area (Å²) in [6.07, 6.45) is 0. The van der Waals surface area contributed by atoms with Crippen LogP contribution in [-0.4, -0.2) is 50.3 Å². The van der Waals surface area contributed by atoms with Crippen molar-refractivity contribution in [3.05, 3.63) is 82.6 Å². The van der Waals surface area contributed by atoms with Gasteiger partial charge in [0.1, 0.15) is 6.61 Å². The molecule has 0 spiro atoms. The molecule has 1 aliphatic heterocycles. The van der Waals surface area contributed by atoms with Gasteiger partial charge >= 0.3 is 18.0 Å². The first-order chi connectivity index (χ1) is 15.5. The molecule has 8 nitrogen and oxygen atoms in total. The second-order valence-electron chi connectivity index (χ2n) is 7.16. The van der Waals surface area contributed by atoms with Gasteiger partial charge in [-0.15, -0.1) is 0 Å². The van der Waals surface area contributed by atoms with Crippen molar-refractivity contribution in [2.45, 2.75) is 19.5 Å². The number of hydrogen-bond donors (Lipinski definition) is 1. The van der Waals surface area contributed by atoms with Crippen molar-refractivity contribution < 1.29 is 28.6 Å². The summed E-state index contributed by atoms with van der Waals surface area (Å²) in [7, 11) is 2.79. The summed E-state index contributed by atoms with van der Waals surface area (Å²) in [5.74, 6) is -1.16. The van der Waals surface area contributed by atoms with E-state index in [-0.39, 0.29) is 36.9 Å². The smallest absolute Gasteiger partial charge is 0.338 e. The van der Waals surface area contributed by atoms with Crippen LogP contribution in [0, 0.1) is 0 Å². The van der Waals surface area contributed by atoms with E-state index in [0.29, 0.717) is 11.3 Å². The lowest BCUT2D eigenvalue weighted by Crippen LogP contribution is -2.48. The summed E-state index contributed by atoms with van der Waals surface area (Å²) in [4.78, 5) is 40.0. The van der Waals surface area contributed by atoms with E-state index < -0.39 is 18.0 Å². The van der Waals surface area contributed by atoms with Crippen molar-refractivity contribution in [3.8, 4) is 0 Å². The molecule has 32 heavy (non-hydrogen) atoms. The molecule has 1 heterocycles. The Morgan fingerprint density at radius 1 is 0.969 bits per heavy atom. The molecule has 168 valence electrons. The Morgan fingerprint density at radius 2 is 1.66 bits per heavy atom. The molecule has 1 unspecified atom stereocenters. The standard InChI is InChI=1S/C24H26N2O6/c1-16-20(23(28)32-14-13-30-2)21(18-11-7-8-12-19(18)22(27)31-3)25-24(29)26(16)15-17-9-5-4-6-10-17/h4-12,21H,13-15H2,1-3H3,(H,25,29). The summed E-state index contributed by atoms with van der Waals surface area (Å²) in [6, 6.07) is 14.9. The minimum absolute atomic E-state index is 0.0596. The van der Waals surface area contributed by atoms with Crippen LogP contribution in [0.5, 0.6) is 0 Å². The zero-order valence-corrected chi connectivity index (χ0v) is 18.3. The second-order valence-corrected chi connectivity index (χ2v) is 7.16.